The summed E-state index contributed by atoms with van der Waals surface area (Å²) >= 11 is 0. The molecular formula is C17H15N5O4. The van der Waals surface area contributed by atoms with Gasteiger partial charge in [0.1, 0.15) is 11.8 Å². The van der Waals surface area contributed by atoms with Crippen LogP contribution in [0.25, 0.3) is 22.2 Å². The Morgan fingerprint density at radius 1 is 1.35 bits per heavy atom. The highest BCUT2D eigenvalue weighted by Gasteiger charge is 2.25. The molecule has 132 valence electrons. The quantitative estimate of drug-likeness (QED) is 0.421. The summed E-state index contributed by atoms with van der Waals surface area (Å²) in [4.78, 5) is 27.4. The van der Waals surface area contributed by atoms with Gasteiger partial charge in [0.25, 0.3) is 0 Å². The maximum atomic E-state index is 11.9. The van der Waals surface area contributed by atoms with E-state index in [1.54, 1.807) is 23.9 Å². The van der Waals surface area contributed by atoms with Crippen LogP contribution in [0, 0.1) is 0 Å². The van der Waals surface area contributed by atoms with E-state index in [1.807, 2.05) is 18.2 Å². The van der Waals surface area contributed by atoms with E-state index in [9.17, 15) is 9.59 Å². The zero-order chi connectivity index (χ0) is 18.1. The van der Waals surface area contributed by atoms with Crippen LogP contribution in [0.5, 0.6) is 0 Å². The molecule has 4 N–H and O–H groups in total. The molecule has 0 saturated heterocycles. The lowest BCUT2D eigenvalue weighted by molar-refractivity contribution is -0.131. The summed E-state index contributed by atoms with van der Waals surface area (Å²) in [7, 11) is 0. The smallest absolute Gasteiger partial charge is 0.411 e. The Morgan fingerprint density at radius 3 is 2.92 bits per heavy atom. The van der Waals surface area contributed by atoms with Crippen LogP contribution in [-0.4, -0.2) is 38.5 Å². The zero-order valence-electron chi connectivity index (χ0n) is 13.5. The number of nitrogens with zero attached hydrogens (tertiary/aromatic N) is 2. The van der Waals surface area contributed by atoms with E-state index >= 15 is 0 Å². The number of aromatic amines is 1. The third kappa shape index (κ3) is 2.95. The lowest BCUT2D eigenvalue weighted by Gasteiger charge is -2.13. The van der Waals surface area contributed by atoms with Gasteiger partial charge in [-0.25, -0.2) is 10.3 Å². The largest absolute Gasteiger partial charge is 0.445 e. The molecule has 1 aliphatic heterocycles. The van der Waals surface area contributed by atoms with Gasteiger partial charge in [0.2, 0.25) is 5.91 Å². The molecule has 0 saturated carbocycles. The van der Waals surface area contributed by atoms with E-state index in [0.29, 0.717) is 12.1 Å². The van der Waals surface area contributed by atoms with E-state index in [0.717, 1.165) is 27.7 Å². The van der Waals surface area contributed by atoms with E-state index in [1.165, 1.54) is 0 Å². The number of carbonyl (C=O) groups excluding carboxylic acids is 2. The average molecular weight is 353 g/mol. The Bertz CT molecular complexity index is 985. The van der Waals surface area contributed by atoms with Gasteiger partial charge in [0.15, 0.2) is 0 Å². The number of cyclic esters (lactones) is 1. The summed E-state index contributed by atoms with van der Waals surface area (Å²) in [5.74, 6) is -0.617. The van der Waals surface area contributed by atoms with E-state index in [2.05, 4.69) is 20.5 Å². The molecule has 4 rings (SSSR count). The minimum atomic E-state index is -0.683. The first-order valence-corrected chi connectivity index (χ1v) is 7.96. The van der Waals surface area contributed by atoms with Crippen molar-refractivity contribution in [1.29, 1.82) is 0 Å². The van der Waals surface area contributed by atoms with Crippen molar-refractivity contribution in [2.75, 3.05) is 5.32 Å². The van der Waals surface area contributed by atoms with Gasteiger partial charge in [-0.3, -0.25) is 25.4 Å². The molecule has 1 aromatic carbocycles. The van der Waals surface area contributed by atoms with Crippen LogP contribution in [0.15, 0.2) is 36.7 Å². The van der Waals surface area contributed by atoms with Gasteiger partial charge >= 0.3 is 6.09 Å². The maximum absolute atomic E-state index is 11.9. The second-order valence-electron chi connectivity index (χ2n) is 5.96. The SMILES string of the molecule is O=C(CC1Cc2cc3c(-c4ccncc4)n[nH]c3cc2NC(=O)O1)NO. The van der Waals surface area contributed by atoms with Crippen molar-refractivity contribution in [3.8, 4) is 11.3 Å². The molecule has 2 aromatic heterocycles. The number of fused-ring (bicyclic) bond motifs is 2. The standard InChI is InChI=1S/C17H15N5O4/c23-15(22-25)7-11-5-10-6-12-14(8-13(10)19-17(24)26-11)20-21-16(12)9-1-3-18-4-2-9/h1-4,6,8,11,25H,5,7H2,(H,19,24)(H,20,21)(H,22,23). The van der Waals surface area contributed by atoms with E-state index in [-0.39, 0.29) is 6.42 Å². The Hall–Kier alpha value is -3.46. The molecule has 9 nitrogen and oxygen atoms in total. The van der Waals surface area contributed by atoms with Crippen molar-refractivity contribution in [3.63, 3.8) is 0 Å². The number of amides is 2. The predicted molar refractivity (Wildman–Crippen MR) is 91.5 cm³/mol. The number of benzene rings is 1. The fourth-order valence-corrected chi connectivity index (χ4v) is 3.07. The van der Waals surface area contributed by atoms with Crippen LogP contribution < -0.4 is 10.8 Å². The molecule has 9 heteroatoms. The summed E-state index contributed by atoms with van der Waals surface area (Å²) in [5, 5.41) is 19.6. The molecule has 1 aliphatic rings. The highest BCUT2D eigenvalue weighted by molar-refractivity contribution is 5.98. The van der Waals surface area contributed by atoms with Crippen LogP contribution >= 0.6 is 0 Å². The van der Waals surface area contributed by atoms with Crippen LogP contribution in [0.3, 0.4) is 0 Å². The fraction of sp³-hybridized carbons (Fsp3) is 0.176. The van der Waals surface area contributed by atoms with Crippen molar-refractivity contribution >= 4 is 28.6 Å². The topological polar surface area (TPSA) is 129 Å². The van der Waals surface area contributed by atoms with Gasteiger partial charge < -0.3 is 4.74 Å². The molecule has 0 radical (unpaired) electrons. The van der Waals surface area contributed by atoms with Gasteiger partial charge in [-0.05, 0) is 29.8 Å². The van der Waals surface area contributed by atoms with Crippen molar-refractivity contribution in [3.05, 3.63) is 42.2 Å². The molecule has 0 spiro atoms. The second-order valence-corrected chi connectivity index (χ2v) is 5.96. The first kappa shape index (κ1) is 16.0. The first-order chi connectivity index (χ1) is 12.6. The maximum Gasteiger partial charge on any atom is 0.411 e. The average Bonchev–Trinajstić information content (AvgIpc) is 2.97. The minimum absolute atomic E-state index is 0.135. The van der Waals surface area contributed by atoms with Crippen LogP contribution in [0.1, 0.15) is 12.0 Å². The van der Waals surface area contributed by atoms with Crippen molar-refractivity contribution in [1.82, 2.24) is 20.7 Å². The van der Waals surface area contributed by atoms with Crippen LogP contribution in [0.4, 0.5) is 10.5 Å². The fourth-order valence-electron chi connectivity index (χ4n) is 3.07. The molecule has 0 bridgehead atoms. The van der Waals surface area contributed by atoms with Crippen LogP contribution in [-0.2, 0) is 16.0 Å². The summed E-state index contributed by atoms with van der Waals surface area (Å²) < 4.78 is 5.23. The number of hydroxylamine groups is 1. The number of aromatic nitrogens is 3. The molecule has 0 aliphatic carbocycles. The van der Waals surface area contributed by atoms with Gasteiger partial charge in [0, 0.05) is 35.5 Å². The lowest BCUT2D eigenvalue weighted by atomic mass is 10.00. The summed E-state index contributed by atoms with van der Waals surface area (Å²) in [5.41, 5.74) is 5.42. The molecule has 3 heterocycles. The summed E-state index contributed by atoms with van der Waals surface area (Å²) in [6.07, 6.45) is 2.25. The molecule has 26 heavy (non-hydrogen) atoms. The van der Waals surface area contributed by atoms with Gasteiger partial charge in [0.05, 0.1) is 11.9 Å². The highest BCUT2D eigenvalue weighted by atomic mass is 16.6. The van der Waals surface area contributed by atoms with E-state index in [4.69, 9.17) is 9.94 Å². The number of hydrogen-bond acceptors (Lipinski definition) is 6. The van der Waals surface area contributed by atoms with Crippen molar-refractivity contribution in [2.45, 2.75) is 18.9 Å². The third-order valence-electron chi connectivity index (χ3n) is 4.24. The van der Waals surface area contributed by atoms with E-state index < -0.39 is 18.1 Å². The molecule has 0 fully saturated rings. The molecule has 1 atom stereocenters. The molecule has 1 unspecified atom stereocenters. The Morgan fingerprint density at radius 2 is 2.15 bits per heavy atom. The normalized spacial score (nSPS) is 16.3. The van der Waals surface area contributed by atoms with Gasteiger partial charge in [-0.1, -0.05) is 0 Å². The van der Waals surface area contributed by atoms with Gasteiger partial charge in [-0.2, -0.15) is 5.10 Å². The number of pyridine rings is 1. The van der Waals surface area contributed by atoms with Gasteiger partial charge in [-0.15, -0.1) is 0 Å². The number of anilines is 1. The van der Waals surface area contributed by atoms with Crippen LogP contribution in [0.2, 0.25) is 0 Å². The Balaban J connectivity index is 1.76. The number of nitrogens with one attached hydrogen (secondary N) is 3. The zero-order valence-corrected chi connectivity index (χ0v) is 13.5. The molecule has 2 amide bonds. The number of rotatable bonds is 3. The third-order valence-corrected chi connectivity index (χ3v) is 4.24. The predicted octanol–water partition coefficient (Wildman–Crippen LogP) is 1.99. The van der Waals surface area contributed by atoms with Crippen molar-refractivity contribution < 1.29 is 19.5 Å². The number of hydrogen-bond donors (Lipinski definition) is 4. The van der Waals surface area contributed by atoms with Crippen molar-refractivity contribution in [2.24, 2.45) is 0 Å². The Kier molecular flexibility index (Phi) is 3.98. The number of carbonyl (C=O) groups is 2. The second kappa shape index (κ2) is 6.45. The number of H-pyrrole nitrogens is 1. The first-order valence-electron chi connectivity index (χ1n) is 7.96. The minimum Gasteiger partial charge on any atom is -0.445 e. The highest BCUT2D eigenvalue weighted by Crippen LogP contribution is 2.32. The summed E-state index contributed by atoms with van der Waals surface area (Å²) in [6.45, 7) is 0. The molecular weight excluding hydrogens is 338 g/mol. The summed E-state index contributed by atoms with van der Waals surface area (Å²) in [6, 6.07) is 7.43. The Labute approximate surface area is 147 Å². The number of ether oxygens (including phenoxy) is 1. The molecule has 3 aromatic rings. The lowest BCUT2D eigenvalue weighted by Crippen LogP contribution is -2.28. The monoisotopic (exact) mass is 353 g/mol.